The molecule has 0 saturated heterocycles. The molecule has 150 valence electrons. The Morgan fingerprint density at radius 1 is 1.27 bits per heavy atom. The molecular formula is C22H20N6O2. The molecule has 0 unspecified atom stereocenters. The van der Waals surface area contributed by atoms with Gasteiger partial charge < -0.3 is 20.4 Å². The second-order valence-corrected chi connectivity index (χ2v) is 7.03. The number of imidazole rings is 1. The monoisotopic (exact) mass is 400 g/mol. The van der Waals surface area contributed by atoms with Crippen LogP contribution in [0.2, 0.25) is 0 Å². The summed E-state index contributed by atoms with van der Waals surface area (Å²) >= 11 is 0. The first-order chi connectivity index (χ1) is 14.6. The topological polar surface area (TPSA) is 111 Å². The fourth-order valence-corrected chi connectivity index (χ4v) is 3.47. The lowest BCUT2D eigenvalue weighted by Crippen LogP contribution is -2.28. The Balaban J connectivity index is 1.73. The van der Waals surface area contributed by atoms with Gasteiger partial charge in [-0.2, -0.15) is 0 Å². The van der Waals surface area contributed by atoms with E-state index in [1.807, 2.05) is 19.1 Å². The number of aliphatic hydroxyl groups excluding tert-OH is 1. The molecule has 4 rings (SSSR count). The lowest BCUT2D eigenvalue weighted by atomic mass is 10.1. The number of fused-ring (bicyclic) bond motifs is 1. The lowest BCUT2D eigenvalue weighted by molar-refractivity contribution is 0.273. The molecule has 0 saturated carbocycles. The van der Waals surface area contributed by atoms with E-state index in [1.54, 1.807) is 36.8 Å². The number of anilines is 1. The molecule has 0 aliphatic heterocycles. The molecule has 4 N–H and O–H groups in total. The smallest absolute Gasteiger partial charge is 0.261 e. The van der Waals surface area contributed by atoms with E-state index >= 15 is 0 Å². The zero-order valence-corrected chi connectivity index (χ0v) is 16.3. The Morgan fingerprint density at radius 3 is 2.80 bits per heavy atom. The highest BCUT2D eigenvalue weighted by Gasteiger charge is 2.18. The van der Waals surface area contributed by atoms with Crippen molar-refractivity contribution >= 4 is 22.4 Å². The van der Waals surface area contributed by atoms with E-state index in [0.29, 0.717) is 40.2 Å². The van der Waals surface area contributed by atoms with Gasteiger partial charge in [-0.05, 0) is 48.7 Å². The first-order valence-electron chi connectivity index (χ1n) is 9.45. The molecule has 4 aromatic rings. The molecule has 8 nitrogen and oxygen atoms in total. The standard InChI is InChI=1S/C22H20N6O2/c1-13-9-15(23-2)11-18-20(13)28-21(27-18)19-17(5-8-25-22(19)30)26-16(12-29)10-14-3-6-24-7-4-14/h3-9,11,16,29H,10,12H2,1H3,(H,27,28)(H2,25,26,30)/t16-/m0/s1. The molecular weight excluding hydrogens is 380 g/mol. The SMILES string of the molecule is [C-]#[N+]c1cc(C)c2nc(-c3c(N[C@H](CO)Cc4ccncc4)cc[nH]c3=O)[nH]c2c1. The van der Waals surface area contributed by atoms with Gasteiger partial charge in [-0.1, -0.05) is 6.07 Å². The number of benzene rings is 1. The van der Waals surface area contributed by atoms with Crippen molar-refractivity contribution in [1.82, 2.24) is 19.9 Å². The molecule has 30 heavy (non-hydrogen) atoms. The summed E-state index contributed by atoms with van der Waals surface area (Å²) in [5, 5.41) is 13.1. The maximum atomic E-state index is 12.7. The summed E-state index contributed by atoms with van der Waals surface area (Å²) in [4.78, 5) is 30.6. The fourth-order valence-electron chi connectivity index (χ4n) is 3.47. The van der Waals surface area contributed by atoms with Gasteiger partial charge in [0.25, 0.3) is 5.56 Å². The van der Waals surface area contributed by atoms with Crippen LogP contribution in [0.4, 0.5) is 11.4 Å². The van der Waals surface area contributed by atoms with Crippen molar-refractivity contribution in [2.75, 3.05) is 11.9 Å². The second kappa shape index (κ2) is 8.19. The highest BCUT2D eigenvalue weighted by Crippen LogP contribution is 2.29. The van der Waals surface area contributed by atoms with Gasteiger partial charge in [-0.25, -0.2) is 9.83 Å². The zero-order chi connectivity index (χ0) is 21.1. The summed E-state index contributed by atoms with van der Waals surface area (Å²) in [6.07, 6.45) is 5.53. The van der Waals surface area contributed by atoms with Crippen LogP contribution in [0.15, 0.2) is 53.7 Å². The molecule has 3 heterocycles. The minimum Gasteiger partial charge on any atom is -0.394 e. The van der Waals surface area contributed by atoms with Crippen LogP contribution in [-0.2, 0) is 6.42 Å². The fraction of sp³-hybridized carbons (Fsp3) is 0.182. The van der Waals surface area contributed by atoms with Crippen LogP contribution >= 0.6 is 0 Å². The van der Waals surface area contributed by atoms with Crippen LogP contribution in [0.25, 0.3) is 27.3 Å². The van der Waals surface area contributed by atoms with Crippen molar-refractivity contribution < 1.29 is 5.11 Å². The summed E-state index contributed by atoms with van der Waals surface area (Å²) in [6, 6.07) is 8.71. The number of aromatic amines is 2. The van der Waals surface area contributed by atoms with Gasteiger partial charge in [-0.3, -0.25) is 9.78 Å². The molecule has 3 aromatic heterocycles. The van der Waals surface area contributed by atoms with E-state index in [2.05, 4.69) is 30.1 Å². The Hall–Kier alpha value is -3.96. The molecule has 0 radical (unpaired) electrons. The molecule has 0 aliphatic rings. The average molecular weight is 400 g/mol. The normalized spacial score (nSPS) is 11.9. The first kappa shape index (κ1) is 19.4. The second-order valence-electron chi connectivity index (χ2n) is 7.03. The van der Waals surface area contributed by atoms with Gasteiger partial charge in [0.2, 0.25) is 0 Å². The Bertz CT molecular complexity index is 1290. The minimum absolute atomic E-state index is 0.109. The Labute approximate surface area is 172 Å². The molecule has 1 aromatic carbocycles. The van der Waals surface area contributed by atoms with Gasteiger partial charge in [0, 0.05) is 18.6 Å². The maximum absolute atomic E-state index is 12.7. The van der Waals surface area contributed by atoms with Crippen molar-refractivity contribution in [1.29, 1.82) is 0 Å². The number of aromatic nitrogens is 4. The van der Waals surface area contributed by atoms with Crippen LogP contribution < -0.4 is 10.9 Å². The van der Waals surface area contributed by atoms with E-state index in [0.717, 1.165) is 11.1 Å². The maximum Gasteiger partial charge on any atom is 0.261 e. The molecule has 1 atom stereocenters. The average Bonchev–Trinajstić information content (AvgIpc) is 3.18. The molecule has 0 amide bonds. The number of hydrogen-bond acceptors (Lipinski definition) is 5. The molecule has 0 fully saturated rings. The van der Waals surface area contributed by atoms with Crippen molar-refractivity contribution in [3.8, 4) is 11.4 Å². The highest BCUT2D eigenvalue weighted by atomic mass is 16.3. The predicted octanol–water partition coefficient (Wildman–Crippen LogP) is 3.19. The zero-order valence-electron chi connectivity index (χ0n) is 16.3. The van der Waals surface area contributed by atoms with Gasteiger partial charge in [0.1, 0.15) is 11.4 Å². The first-order valence-corrected chi connectivity index (χ1v) is 9.45. The number of nitrogens with zero attached hydrogens (tertiary/aromatic N) is 3. The van der Waals surface area contributed by atoms with E-state index in [9.17, 15) is 9.90 Å². The van der Waals surface area contributed by atoms with Crippen LogP contribution in [0, 0.1) is 13.5 Å². The largest absolute Gasteiger partial charge is 0.394 e. The summed E-state index contributed by atoms with van der Waals surface area (Å²) < 4.78 is 0. The van der Waals surface area contributed by atoms with Crippen molar-refractivity contribution in [2.45, 2.75) is 19.4 Å². The van der Waals surface area contributed by atoms with E-state index in [-0.39, 0.29) is 18.2 Å². The van der Waals surface area contributed by atoms with Crippen LogP contribution in [0.3, 0.4) is 0 Å². The number of nitrogens with one attached hydrogen (secondary N) is 3. The van der Waals surface area contributed by atoms with Crippen molar-refractivity contribution in [2.24, 2.45) is 0 Å². The van der Waals surface area contributed by atoms with Crippen LogP contribution in [0.1, 0.15) is 11.1 Å². The minimum atomic E-state index is -0.303. The number of H-pyrrole nitrogens is 2. The predicted molar refractivity (Wildman–Crippen MR) is 116 cm³/mol. The van der Waals surface area contributed by atoms with Gasteiger partial charge in [0.05, 0.1) is 35.9 Å². The summed E-state index contributed by atoms with van der Waals surface area (Å²) in [6.45, 7) is 9.02. The third-order valence-corrected chi connectivity index (χ3v) is 4.90. The Kier molecular flexibility index (Phi) is 5.28. The third-order valence-electron chi connectivity index (χ3n) is 4.90. The van der Waals surface area contributed by atoms with Gasteiger partial charge in [0.15, 0.2) is 5.69 Å². The molecule has 0 aliphatic carbocycles. The third kappa shape index (κ3) is 3.79. The Morgan fingerprint density at radius 2 is 2.07 bits per heavy atom. The number of aryl methyl sites for hydroxylation is 1. The quantitative estimate of drug-likeness (QED) is 0.372. The van der Waals surface area contributed by atoms with Gasteiger partial charge in [-0.15, -0.1) is 0 Å². The number of aliphatic hydroxyl groups is 1. The summed E-state index contributed by atoms with van der Waals surface area (Å²) in [7, 11) is 0. The molecule has 0 spiro atoms. The molecule has 8 heteroatoms. The number of rotatable bonds is 6. The van der Waals surface area contributed by atoms with Crippen LogP contribution in [0.5, 0.6) is 0 Å². The highest BCUT2D eigenvalue weighted by molar-refractivity contribution is 5.87. The number of hydrogen-bond donors (Lipinski definition) is 4. The van der Waals surface area contributed by atoms with Crippen molar-refractivity contribution in [3.63, 3.8) is 0 Å². The summed E-state index contributed by atoms with van der Waals surface area (Å²) in [5.41, 5.74) is 4.40. The van der Waals surface area contributed by atoms with Crippen LogP contribution in [-0.4, -0.2) is 37.7 Å². The lowest BCUT2D eigenvalue weighted by Gasteiger charge is -2.19. The number of pyridine rings is 2. The van der Waals surface area contributed by atoms with Crippen molar-refractivity contribution in [3.05, 3.63) is 81.8 Å². The molecule has 0 bridgehead atoms. The van der Waals surface area contributed by atoms with E-state index < -0.39 is 0 Å². The van der Waals surface area contributed by atoms with E-state index in [4.69, 9.17) is 6.57 Å². The van der Waals surface area contributed by atoms with Gasteiger partial charge >= 0.3 is 0 Å². The van der Waals surface area contributed by atoms with E-state index in [1.165, 1.54) is 0 Å². The summed E-state index contributed by atoms with van der Waals surface area (Å²) in [5.74, 6) is 0.403.